The van der Waals surface area contributed by atoms with E-state index < -0.39 is 0 Å². The van der Waals surface area contributed by atoms with Crippen LogP contribution in [-0.4, -0.2) is 27.5 Å². The third kappa shape index (κ3) is 5.28. The number of hydrogen-bond acceptors (Lipinski definition) is 3. The van der Waals surface area contributed by atoms with Gasteiger partial charge in [0.2, 0.25) is 0 Å². The van der Waals surface area contributed by atoms with E-state index in [9.17, 15) is 5.11 Å². The minimum Gasteiger partial charge on any atom is -0.392 e. The molecule has 1 rings (SSSR count). The molecule has 0 radical (unpaired) electrons. The van der Waals surface area contributed by atoms with Crippen LogP contribution in [0.5, 0.6) is 0 Å². The molecule has 1 unspecified atom stereocenters. The summed E-state index contributed by atoms with van der Waals surface area (Å²) in [5, 5.41) is 17.1. The summed E-state index contributed by atoms with van der Waals surface area (Å²) < 4.78 is 1.78. The number of aliphatic hydroxyl groups is 1. The van der Waals surface area contributed by atoms with Crippen molar-refractivity contribution in [3.8, 4) is 0 Å². The zero-order valence-corrected chi connectivity index (χ0v) is 10.7. The molecule has 1 aromatic heterocycles. The largest absolute Gasteiger partial charge is 0.392 e. The number of hydrogen-bond donors (Lipinski definition) is 2. The van der Waals surface area contributed by atoms with Gasteiger partial charge in [-0.2, -0.15) is 5.10 Å². The molecule has 0 aliphatic rings. The van der Waals surface area contributed by atoms with Crippen molar-refractivity contribution in [1.29, 1.82) is 0 Å². The van der Waals surface area contributed by atoms with Crippen molar-refractivity contribution in [3.63, 3.8) is 0 Å². The van der Waals surface area contributed by atoms with E-state index in [0.717, 1.165) is 18.5 Å². The summed E-state index contributed by atoms with van der Waals surface area (Å²) >= 11 is 0. The van der Waals surface area contributed by atoms with E-state index in [2.05, 4.69) is 31.2 Å². The van der Waals surface area contributed by atoms with Gasteiger partial charge in [0.25, 0.3) is 0 Å². The summed E-state index contributed by atoms with van der Waals surface area (Å²) in [5.74, 6) is 0. The smallest absolute Gasteiger partial charge is 0.0669 e. The van der Waals surface area contributed by atoms with Gasteiger partial charge in [0.15, 0.2) is 0 Å². The lowest BCUT2D eigenvalue weighted by atomic mass is 9.89. The maximum absolute atomic E-state index is 9.78. The summed E-state index contributed by atoms with van der Waals surface area (Å²) in [5.41, 5.74) is 1.32. The van der Waals surface area contributed by atoms with Crippen molar-refractivity contribution in [3.05, 3.63) is 18.0 Å². The first-order chi connectivity index (χ1) is 7.37. The van der Waals surface area contributed by atoms with Gasteiger partial charge < -0.3 is 10.4 Å². The van der Waals surface area contributed by atoms with E-state index in [-0.39, 0.29) is 11.5 Å². The molecule has 0 amide bonds. The highest BCUT2D eigenvalue weighted by Gasteiger charge is 2.16. The second-order valence-corrected chi connectivity index (χ2v) is 5.57. The Hall–Kier alpha value is -0.870. The van der Waals surface area contributed by atoms with Crippen LogP contribution < -0.4 is 5.32 Å². The molecule has 1 heterocycles. The molecule has 0 saturated heterocycles. The first-order valence-corrected chi connectivity index (χ1v) is 5.73. The van der Waals surface area contributed by atoms with E-state index in [1.807, 2.05) is 19.4 Å². The maximum atomic E-state index is 9.78. The molecule has 0 spiro atoms. The highest BCUT2D eigenvalue weighted by molar-refractivity contribution is 5.02. The summed E-state index contributed by atoms with van der Waals surface area (Å²) in [6.07, 6.45) is 4.34. The fourth-order valence-corrected chi connectivity index (χ4v) is 1.73. The van der Waals surface area contributed by atoms with Crippen LogP contribution in [0.1, 0.15) is 32.8 Å². The molecule has 0 fully saturated rings. The van der Waals surface area contributed by atoms with Gasteiger partial charge in [-0.1, -0.05) is 20.8 Å². The Morgan fingerprint density at radius 3 is 2.69 bits per heavy atom. The molecule has 4 heteroatoms. The van der Waals surface area contributed by atoms with Crippen molar-refractivity contribution in [2.45, 2.75) is 39.8 Å². The standard InChI is InChI=1S/C12H23N3O/c1-12(2,3)5-11(16)8-13-6-10-7-14-15(4)9-10/h7,9,11,13,16H,5-6,8H2,1-4H3. The molecule has 0 saturated carbocycles. The van der Waals surface area contributed by atoms with Gasteiger partial charge in [0, 0.05) is 31.9 Å². The van der Waals surface area contributed by atoms with E-state index in [4.69, 9.17) is 0 Å². The van der Waals surface area contributed by atoms with Gasteiger partial charge in [-0.25, -0.2) is 0 Å². The summed E-state index contributed by atoms with van der Waals surface area (Å²) in [6, 6.07) is 0. The molecule has 92 valence electrons. The first-order valence-electron chi connectivity index (χ1n) is 5.73. The van der Waals surface area contributed by atoms with Crippen LogP contribution in [-0.2, 0) is 13.6 Å². The minimum atomic E-state index is -0.281. The Morgan fingerprint density at radius 1 is 1.50 bits per heavy atom. The van der Waals surface area contributed by atoms with Crippen LogP contribution in [0.4, 0.5) is 0 Å². The Kier molecular flexibility index (Phi) is 4.50. The molecule has 16 heavy (non-hydrogen) atoms. The Morgan fingerprint density at radius 2 is 2.19 bits per heavy atom. The number of nitrogens with one attached hydrogen (secondary N) is 1. The molecule has 2 N–H and O–H groups in total. The lowest BCUT2D eigenvalue weighted by Gasteiger charge is -2.22. The van der Waals surface area contributed by atoms with Crippen molar-refractivity contribution in [1.82, 2.24) is 15.1 Å². The summed E-state index contributed by atoms with van der Waals surface area (Å²) in [4.78, 5) is 0. The van der Waals surface area contributed by atoms with Crippen LogP contribution in [0.2, 0.25) is 0 Å². The fraction of sp³-hybridized carbons (Fsp3) is 0.750. The highest BCUT2D eigenvalue weighted by atomic mass is 16.3. The van der Waals surface area contributed by atoms with Crippen LogP contribution in [0, 0.1) is 5.41 Å². The van der Waals surface area contributed by atoms with Gasteiger partial charge in [0.05, 0.1) is 12.3 Å². The molecule has 4 nitrogen and oxygen atoms in total. The van der Waals surface area contributed by atoms with Gasteiger partial charge in [0.1, 0.15) is 0 Å². The minimum absolute atomic E-state index is 0.176. The molecule has 0 aliphatic carbocycles. The third-order valence-corrected chi connectivity index (χ3v) is 2.32. The second kappa shape index (κ2) is 5.46. The van der Waals surface area contributed by atoms with E-state index in [0.29, 0.717) is 6.54 Å². The lowest BCUT2D eigenvalue weighted by Crippen LogP contribution is -2.29. The van der Waals surface area contributed by atoms with Gasteiger partial charge in [-0.3, -0.25) is 4.68 Å². The fourth-order valence-electron chi connectivity index (χ4n) is 1.73. The number of nitrogens with zero attached hydrogens (tertiary/aromatic N) is 2. The quantitative estimate of drug-likeness (QED) is 0.794. The molecule has 0 bridgehead atoms. The van der Waals surface area contributed by atoms with Gasteiger partial charge in [-0.05, 0) is 11.8 Å². The van der Waals surface area contributed by atoms with Crippen LogP contribution in [0.3, 0.4) is 0 Å². The monoisotopic (exact) mass is 225 g/mol. The number of rotatable bonds is 5. The van der Waals surface area contributed by atoms with E-state index in [1.165, 1.54) is 0 Å². The van der Waals surface area contributed by atoms with Crippen LogP contribution in [0.15, 0.2) is 12.4 Å². The highest BCUT2D eigenvalue weighted by Crippen LogP contribution is 2.20. The predicted octanol–water partition coefficient (Wildman–Crippen LogP) is 1.31. The summed E-state index contributed by atoms with van der Waals surface area (Å²) in [6.45, 7) is 7.80. The van der Waals surface area contributed by atoms with Crippen molar-refractivity contribution >= 4 is 0 Å². The van der Waals surface area contributed by atoms with Gasteiger partial charge in [-0.15, -0.1) is 0 Å². The van der Waals surface area contributed by atoms with Crippen molar-refractivity contribution in [2.24, 2.45) is 12.5 Å². The summed E-state index contributed by atoms with van der Waals surface area (Å²) in [7, 11) is 1.90. The molecule has 0 aromatic carbocycles. The number of aryl methyl sites for hydroxylation is 1. The molecule has 1 aromatic rings. The molecular formula is C12H23N3O. The Bertz CT molecular complexity index is 314. The zero-order chi connectivity index (χ0) is 12.2. The topological polar surface area (TPSA) is 50.1 Å². The maximum Gasteiger partial charge on any atom is 0.0669 e. The SMILES string of the molecule is Cn1cc(CNCC(O)CC(C)(C)C)cn1. The third-order valence-electron chi connectivity index (χ3n) is 2.32. The van der Waals surface area contributed by atoms with Gasteiger partial charge >= 0.3 is 0 Å². The average molecular weight is 225 g/mol. The first kappa shape index (κ1) is 13.2. The van der Waals surface area contributed by atoms with E-state index >= 15 is 0 Å². The van der Waals surface area contributed by atoms with Crippen molar-refractivity contribution in [2.75, 3.05) is 6.54 Å². The average Bonchev–Trinajstić information content (AvgIpc) is 2.48. The van der Waals surface area contributed by atoms with Crippen LogP contribution in [0.25, 0.3) is 0 Å². The zero-order valence-electron chi connectivity index (χ0n) is 10.7. The predicted molar refractivity (Wildman–Crippen MR) is 65.0 cm³/mol. The Balaban J connectivity index is 2.20. The lowest BCUT2D eigenvalue weighted by molar-refractivity contribution is 0.119. The number of aromatic nitrogens is 2. The van der Waals surface area contributed by atoms with Crippen LogP contribution >= 0.6 is 0 Å². The molecular weight excluding hydrogens is 202 g/mol. The molecule has 1 atom stereocenters. The number of aliphatic hydroxyl groups excluding tert-OH is 1. The Labute approximate surface area is 97.7 Å². The van der Waals surface area contributed by atoms with Crippen molar-refractivity contribution < 1.29 is 5.11 Å². The molecule has 0 aliphatic heterocycles. The second-order valence-electron chi connectivity index (χ2n) is 5.57. The van der Waals surface area contributed by atoms with E-state index in [1.54, 1.807) is 4.68 Å². The normalized spacial score (nSPS) is 14.1.